The topological polar surface area (TPSA) is 121 Å². The van der Waals surface area contributed by atoms with Crippen LogP contribution in [0.3, 0.4) is 0 Å². The Morgan fingerprint density at radius 2 is 2.03 bits per heavy atom. The molecule has 0 spiro atoms. The van der Waals surface area contributed by atoms with Crippen LogP contribution < -0.4 is 15.8 Å². The molecule has 1 aliphatic rings. The van der Waals surface area contributed by atoms with E-state index in [1.807, 2.05) is 6.07 Å². The lowest BCUT2D eigenvalue weighted by molar-refractivity contribution is 0.0945. The number of hydrogen-bond donors (Lipinski definition) is 2. The lowest BCUT2D eigenvalue weighted by Crippen LogP contribution is -2.28. The zero-order chi connectivity index (χ0) is 23.4. The third-order valence-electron chi connectivity index (χ3n) is 5.88. The van der Waals surface area contributed by atoms with Gasteiger partial charge in [-0.25, -0.2) is 9.37 Å². The number of ether oxygens (including phenoxy) is 1. The van der Waals surface area contributed by atoms with Gasteiger partial charge in [-0.2, -0.15) is 4.80 Å². The molecule has 33 heavy (non-hydrogen) atoms. The Morgan fingerprint density at radius 3 is 2.79 bits per heavy atom. The van der Waals surface area contributed by atoms with Gasteiger partial charge >= 0.3 is 0 Å². The Labute approximate surface area is 191 Å². The number of carbonyl (C=O) groups is 1. The average molecular weight is 454 g/mol. The molecule has 1 fully saturated rings. The van der Waals surface area contributed by atoms with E-state index in [0.717, 1.165) is 25.7 Å². The first-order valence-electron chi connectivity index (χ1n) is 11.0. The van der Waals surface area contributed by atoms with Crippen molar-refractivity contribution >= 4 is 5.91 Å². The number of methoxy groups -OCH3 is 1. The number of hydrogen-bond acceptors (Lipinski definition) is 7. The van der Waals surface area contributed by atoms with E-state index in [4.69, 9.17) is 10.5 Å². The highest BCUT2D eigenvalue weighted by molar-refractivity contribution is 5.93. The standard InChI is InChI=1S/C23H28FN7O2/c1-14-9-17(22-28-30-31(29-22)13-15-3-6-18(25)7-4-15)11-20(27-14)23(32)26-12-16-5-8-19(24)21(10-16)33-2/h5,8-11,15,18H,3-4,6-7,12-13,25H2,1-2H3,(H,26,32). The van der Waals surface area contributed by atoms with Gasteiger partial charge in [0.2, 0.25) is 5.82 Å². The van der Waals surface area contributed by atoms with Crippen molar-refractivity contribution in [1.29, 1.82) is 0 Å². The van der Waals surface area contributed by atoms with Crippen molar-refractivity contribution in [3.8, 4) is 17.1 Å². The van der Waals surface area contributed by atoms with Crippen molar-refractivity contribution in [2.24, 2.45) is 11.7 Å². The van der Waals surface area contributed by atoms with Gasteiger partial charge in [0.25, 0.3) is 5.91 Å². The molecule has 1 aliphatic carbocycles. The molecule has 0 unspecified atom stereocenters. The van der Waals surface area contributed by atoms with Crippen LogP contribution in [0.25, 0.3) is 11.4 Å². The maximum atomic E-state index is 13.6. The minimum atomic E-state index is -0.454. The van der Waals surface area contributed by atoms with Crippen LogP contribution >= 0.6 is 0 Å². The molecule has 10 heteroatoms. The van der Waals surface area contributed by atoms with E-state index >= 15 is 0 Å². The molecular weight excluding hydrogens is 425 g/mol. The van der Waals surface area contributed by atoms with E-state index in [1.54, 1.807) is 29.9 Å². The lowest BCUT2D eigenvalue weighted by Gasteiger charge is -2.25. The molecule has 3 N–H and O–H groups in total. The van der Waals surface area contributed by atoms with Gasteiger partial charge in [0.15, 0.2) is 11.6 Å². The van der Waals surface area contributed by atoms with E-state index in [1.165, 1.54) is 13.2 Å². The fraction of sp³-hybridized carbons (Fsp3) is 0.435. The number of amides is 1. The molecule has 9 nitrogen and oxygen atoms in total. The fourth-order valence-corrected chi connectivity index (χ4v) is 4.04. The first-order valence-corrected chi connectivity index (χ1v) is 11.0. The first kappa shape index (κ1) is 22.8. The molecular formula is C23H28FN7O2. The van der Waals surface area contributed by atoms with Gasteiger partial charge in [-0.15, -0.1) is 10.2 Å². The number of tetrazole rings is 1. The summed E-state index contributed by atoms with van der Waals surface area (Å²) < 4.78 is 18.6. The molecule has 4 rings (SSSR count). The number of rotatable bonds is 7. The summed E-state index contributed by atoms with van der Waals surface area (Å²) in [5.41, 5.74) is 8.28. The summed E-state index contributed by atoms with van der Waals surface area (Å²) in [7, 11) is 1.40. The maximum absolute atomic E-state index is 13.6. The summed E-state index contributed by atoms with van der Waals surface area (Å²) in [6.45, 7) is 2.72. The van der Waals surface area contributed by atoms with Crippen molar-refractivity contribution in [2.75, 3.05) is 7.11 Å². The van der Waals surface area contributed by atoms with Crippen LogP contribution in [-0.2, 0) is 13.1 Å². The molecule has 3 aromatic rings. The molecule has 1 aromatic carbocycles. The molecule has 2 heterocycles. The Kier molecular flexibility index (Phi) is 6.93. The van der Waals surface area contributed by atoms with Crippen LogP contribution in [0.1, 0.15) is 47.4 Å². The highest BCUT2D eigenvalue weighted by atomic mass is 19.1. The highest BCUT2D eigenvalue weighted by Crippen LogP contribution is 2.24. The van der Waals surface area contributed by atoms with Gasteiger partial charge in [-0.3, -0.25) is 4.79 Å². The SMILES string of the molecule is COc1cc(CNC(=O)c2cc(-c3nnn(CC4CCC(N)CC4)n3)cc(C)n2)ccc1F. The van der Waals surface area contributed by atoms with Crippen LogP contribution in [0.4, 0.5) is 4.39 Å². The smallest absolute Gasteiger partial charge is 0.270 e. The monoisotopic (exact) mass is 453 g/mol. The predicted molar refractivity (Wildman–Crippen MR) is 120 cm³/mol. The van der Waals surface area contributed by atoms with Crippen molar-refractivity contribution in [1.82, 2.24) is 30.5 Å². The van der Waals surface area contributed by atoms with E-state index in [0.29, 0.717) is 41.1 Å². The van der Waals surface area contributed by atoms with Crippen molar-refractivity contribution in [3.05, 3.63) is 53.1 Å². The zero-order valence-corrected chi connectivity index (χ0v) is 18.8. The van der Waals surface area contributed by atoms with Gasteiger partial charge < -0.3 is 15.8 Å². The number of carbonyl (C=O) groups excluding carboxylic acids is 1. The molecule has 0 radical (unpaired) electrons. The average Bonchev–Trinajstić information content (AvgIpc) is 3.28. The number of benzene rings is 1. The van der Waals surface area contributed by atoms with Gasteiger partial charge in [-0.1, -0.05) is 6.07 Å². The number of nitrogens with one attached hydrogen (secondary N) is 1. The summed E-state index contributed by atoms with van der Waals surface area (Å²) in [4.78, 5) is 18.7. The summed E-state index contributed by atoms with van der Waals surface area (Å²) in [6.07, 6.45) is 4.19. The summed E-state index contributed by atoms with van der Waals surface area (Å²) in [5, 5.41) is 15.7. The quantitative estimate of drug-likeness (QED) is 0.564. The van der Waals surface area contributed by atoms with Gasteiger partial charge in [0.1, 0.15) is 5.69 Å². The second kappa shape index (κ2) is 10.0. The van der Waals surface area contributed by atoms with Crippen molar-refractivity contribution in [3.63, 3.8) is 0 Å². The van der Waals surface area contributed by atoms with Gasteiger partial charge in [-0.05, 0) is 73.6 Å². The third kappa shape index (κ3) is 5.70. The van der Waals surface area contributed by atoms with E-state index < -0.39 is 5.82 Å². The van der Waals surface area contributed by atoms with Crippen LogP contribution in [0.2, 0.25) is 0 Å². The zero-order valence-electron chi connectivity index (χ0n) is 18.8. The molecule has 0 atom stereocenters. The molecule has 0 aliphatic heterocycles. The van der Waals surface area contributed by atoms with Crippen LogP contribution in [-0.4, -0.2) is 44.3 Å². The Bertz CT molecular complexity index is 1130. The number of nitrogens with two attached hydrogens (primary N) is 1. The van der Waals surface area contributed by atoms with Crippen LogP contribution in [0.5, 0.6) is 5.75 Å². The third-order valence-corrected chi connectivity index (χ3v) is 5.88. The Hall–Kier alpha value is -3.40. The van der Waals surface area contributed by atoms with E-state index in [9.17, 15) is 9.18 Å². The number of halogens is 1. The minimum absolute atomic E-state index is 0.128. The molecule has 174 valence electrons. The number of aryl methyl sites for hydroxylation is 1. The second-order valence-corrected chi connectivity index (χ2v) is 8.48. The van der Waals surface area contributed by atoms with Crippen LogP contribution in [0, 0.1) is 18.7 Å². The van der Waals surface area contributed by atoms with Crippen LogP contribution in [0.15, 0.2) is 30.3 Å². The Balaban J connectivity index is 1.43. The Morgan fingerprint density at radius 1 is 1.24 bits per heavy atom. The number of nitrogens with zero attached hydrogens (tertiary/aromatic N) is 5. The lowest BCUT2D eigenvalue weighted by atomic mass is 9.86. The van der Waals surface area contributed by atoms with Crippen molar-refractivity contribution < 1.29 is 13.9 Å². The number of aromatic nitrogens is 5. The maximum Gasteiger partial charge on any atom is 0.270 e. The van der Waals surface area contributed by atoms with Gasteiger partial charge in [0.05, 0.1) is 13.7 Å². The van der Waals surface area contributed by atoms with E-state index in [-0.39, 0.29) is 23.9 Å². The van der Waals surface area contributed by atoms with Crippen molar-refractivity contribution in [2.45, 2.75) is 51.7 Å². The summed E-state index contributed by atoms with van der Waals surface area (Å²) >= 11 is 0. The molecule has 0 bridgehead atoms. The summed E-state index contributed by atoms with van der Waals surface area (Å²) in [6, 6.07) is 8.22. The molecule has 1 saturated carbocycles. The molecule has 1 amide bonds. The second-order valence-electron chi connectivity index (χ2n) is 8.48. The van der Waals surface area contributed by atoms with E-state index in [2.05, 4.69) is 25.7 Å². The normalized spacial score (nSPS) is 18.2. The highest BCUT2D eigenvalue weighted by Gasteiger charge is 2.20. The van der Waals surface area contributed by atoms with Gasteiger partial charge in [0, 0.05) is 23.8 Å². The summed E-state index contributed by atoms with van der Waals surface area (Å²) in [5.74, 6) is 0.269. The molecule has 2 aromatic heterocycles. The number of pyridine rings is 1. The fourth-order valence-electron chi connectivity index (χ4n) is 4.04. The largest absolute Gasteiger partial charge is 0.494 e. The first-order chi connectivity index (χ1) is 15.9. The minimum Gasteiger partial charge on any atom is -0.494 e. The predicted octanol–water partition coefficient (Wildman–Crippen LogP) is 2.64. The molecule has 0 saturated heterocycles.